The van der Waals surface area contributed by atoms with Gasteiger partial charge in [0.2, 0.25) is 0 Å². The Balaban J connectivity index is 2.04. The molecule has 98 valence electrons. The molecule has 0 aliphatic heterocycles. The summed E-state index contributed by atoms with van der Waals surface area (Å²) >= 11 is 0. The SMILES string of the molecule is Nc1ccc(O)c(CNC(=O)c2ccc(F)cn2)c1. The molecule has 0 unspecified atom stereocenters. The zero-order valence-electron chi connectivity index (χ0n) is 9.93. The zero-order valence-corrected chi connectivity index (χ0v) is 9.93. The largest absolute Gasteiger partial charge is 0.508 e. The second-order valence-electron chi connectivity index (χ2n) is 3.93. The number of phenols is 1. The number of nitrogens with one attached hydrogen (secondary N) is 1. The third kappa shape index (κ3) is 3.19. The molecule has 0 saturated carbocycles. The number of phenolic OH excluding ortho intramolecular Hbond substituents is 1. The van der Waals surface area contributed by atoms with Crippen LogP contribution in [-0.2, 0) is 6.54 Å². The van der Waals surface area contributed by atoms with Gasteiger partial charge in [0.15, 0.2) is 0 Å². The van der Waals surface area contributed by atoms with Crippen molar-refractivity contribution < 1.29 is 14.3 Å². The van der Waals surface area contributed by atoms with Crippen LogP contribution in [0.2, 0.25) is 0 Å². The van der Waals surface area contributed by atoms with E-state index in [9.17, 15) is 14.3 Å². The monoisotopic (exact) mass is 261 g/mol. The van der Waals surface area contributed by atoms with Crippen LogP contribution in [0.25, 0.3) is 0 Å². The van der Waals surface area contributed by atoms with Crippen molar-refractivity contribution in [2.24, 2.45) is 0 Å². The van der Waals surface area contributed by atoms with Crippen molar-refractivity contribution >= 4 is 11.6 Å². The van der Waals surface area contributed by atoms with Crippen molar-refractivity contribution in [3.8, 4) is 5.75 Å². The third-order valence-electron chi connectivity index (χ3n) is 2.50. The number of nitrogens with two attached hydrogens (primary N) is 1. The van der Waals surface area contributed by atoms with Crippen LogP contribution in [0.5, 0.6) is 5.75 Å². The summed E-state index contributed by atoms with van der Waals surface area (Å²) in [6.07, 6.45) is 0.965. The van der Waals surface area contributed by atoms with E-state index in [-0.39, 0.29) is 18.0 Å². The van der Waals surface area contributed by atoms with Gasteiger partial charge in [0.1, 0.15) is 17.3 Å². The highest BCUT2D eigenvalue weighted by Gasteiger charge is 2.08. The van der Waals surface area contributed by atoms with Crippen LogP contribution in [-0.4, -0.2) is 16.0 Å². The minimum Gasteiger partial charge on any atom is -0.508 e. The maximum Gasteiger partial charge on any atom is 0.270 e. The van der Waals surface area contributed by atoms with E-state index in [0.717, 1.165) is 12.3 Å². The van der Waals surface area contributed by atoms with Crippen molar-refractivity contribution in [1.82, 2.24) is 10.3 Å². The van der Waals surface area contributed by atoms with Gasteiger partial charge in [0, 0.05) is 17.8 Å². The molecule has 1 amide bonds. The molecule has 6 heteroatoms. The third-order valence-corrected chi connectivity index (χ3v) is 2.50. The summed E-state index contributed by atoms with van der Waals surface area (Å²) in [4.78, 5) is 15.4. The van der Waals surface area contributed by atoms with E-state index in [1.165, 1.54) is 12.1 Å². The topological polar surface area (TPSA) is 88.2 Å². The molecular formula is C13H12FN3O2. The Hall–Kier alpha value is -2.63. The van der Waals surface area contributed by atoms with Crippen LogP contribution < -0.4 is 11.1 Å². The lowest BCUT2D eigenvalue weighted by Gasteiger charge is -2.07. The molecule has 0 fully saturated rings. The van der Waals surface area contributed by atoms with Gasteiger partial charge in [0.05, 0.1) is 6.20 Å². The molecule has 2 aromatic rings. The number of halogens is 1. The van der Waals surface area contributed by atoms with E-state index >= 15 is 0 Å². The number of carbonyl (C=O) groups is 1. The average Bonchev–Trinajstić information content (AvgIpc) is 2.40. The van der Waals surface area contributed by atoms with Gasteiger partial charge in [0.25, 0.3) is 5.91 Å². The number of nitrogens with zero attached hydrogens (tertiary/aromatic N) is 1. The highest BCUT2D eigenvalue weighted by molar-refractivity contribution is 5.92. The van der Waals surface area contributed by atoms with E-state index in [4.69, 9.17) is 5.73 Å². The highest BCUT2D eigenvalue weighted by Crippen LogP contribution is 2.19. The molecule has 2 rings (SSSR count). The number of amides is 1. The molecule has 0 aliphatic rings. The first-order chi connectivity index (χ1) is 9.06. The second kappa shape index (κ2) is 5.34. The maximum atomic E-state index is 12.7. The number of hydrogen-bond acceptors (Lipinski definition) is 4. The van der Waals surface area contributed by atoms with E-state index in [0.29, 0.717) is 11.3 Å². The lowest BCUT2D eigenvalue weighted by molar-refractivity contribution is 0.0945. The Bertz CT molecular complexity index is 599. The molecule has 1 aromatic heterocycles. The quantitative estimate of drug-likeness (QED) is 0.576. The Morgan fingerprint density at radius 2 is 2.16 bits per heavy atom. The number of aromatic nitrogens is 1. The molecule has 0 bridgehead atoms. The molecule has 0 aliphatic carbocycles. The highest BCUT2D eigenvalue weighted by atomic mass is 19.1. The van der Waals surface area contributed by atoms with Crippen LogP contribution in [0.3, 0.4) is 0 Å². The van der Waals surface area contributed by atoms with E-state index < -0.39 is 11.7 Å². The molecule has 0 atom stereocenters. The van der Waals surface area contributed by atoms with Gasteiger partial charge in [-0.1, -0.05) is 0 Å². The number of anilines is 1. The van der Waals surface area contributed by atoms with Gasteiger partial charge in [-0.05, 0) is 30.3 Å². The summed E-state index contributed by atoms with van der Waals surface area (Å²) in [5, 5.41) is 12.1. The van der Waals surface area contributed by atoms with Crippen LogP contribution in [0, 0.1) is 5.82 Å². The van der Waals surface area contributed by atoms with Crippen molar-refractivity contribution in [2.45, 2.75) is 6.54 Å². The first kappa shape index (κ1) is 12.8. The van der Waals surface area contributed by atoms with E-state index in [2.05, 4.69) is 10.3 Å². The van der Waals surface area contributed by atoms with E-state index in [1.807, 2.05) is 0 Å². The predicted octanol–water partition coefficient (Wildman–Crippen LogP) is 1.44. The molecule has 0 spiro atoms. The summed E-state index contributed by atoms with van der Waals surface area (Å²) in [5.74, 6) is -0.923. The molecule has 1 heterocycles. The van der Waals surface area contributed by atoms with Gasteiger partial charge >= 0.3 is 0 Å². The van der Waals surface area contributed by atoms with Gasteiger partial charge in [-0.25, -0.2) is 9.37 Å². The normalized spacial score (nSPS) is 10.2. The number of hydrogen-bond donors (Lipinski definition) is 3. The summed E-state index contributed by atoms with van der Waals surface area (Å²) < 4.78 is 12.7. The smallest absolute Gasteiger partial charge is 0.270 e. The number of benzene rings is 1. The van der Waals surface area contributed by atoms with Crippen molar-refractivity contribution in [2.75, 3.05) is 5.73 Å². The lowest BCUT2D eigenvalue weighted by Crippen LogP contribution is -2.23. The number of pyridine rings is 1. The molecular weight excluding hydrogens is 249 g/mol. The minimum absolute atomic E-state index is 0.0431. The maximum absolute atomic E-state index is 12.7. The first-order valence-corrected chi connectivity index (χ1v) is 5.53. The fourth-order valence-corrected chi connectivity index (χ4v) is 1.52. The zero-order chi connectivity index (χ0) is 13.8. The first-order valence-electron chi connectivity index (χ1n) is 5.53. The number of aromatic hydroxyl groups is 1. The van der Waals surface area contributed by atoms with Gasteiger partial charge in [-0.3, -0.25) is 4.79 Å². The number of nitrogen functional groups attached to an aromatic ring is 1. The Morgan fingerprint density at radius 1 is 1.37 bits per heavy atom. The lowest BCUT2D eigenvalue weighted by atomic mass is 10.1. The fraction of sp³-hybridized carbons (Fsp3) is 0.0769. The Labute approximate surface area is 108 Å². The summed E-state index contributed by atoms with van der Waals surface area (Å²) in [7, 11) is 0. The molecule has 19 heavy (non-hydrogen) atoms. The average molecular weight is 261 g/mol. The van der Waals surface area contributed by atoms with Crippen molar-refractivity contribution in [1.29, 1.82) is 0 Å². The van der Waals surface area contributed by atoms with Crippen LogP contribution in [0.1, 0.15) is 16.1 Å². The van der Waals surface area contributed by atoms with Crippen LogP contribution in [0.15, 0.2) is 36.5 Å². The summed E-state index contributed by atoms with van der Waals surface area (Å²) in [6.45, 7) is 0.106. The minimum atomic E-state index is -0.509. The summed E-state index contributed by atoms with van der Waals surface area (Å²) in [6, 6.07) is 7.01. The number of rotatable bonds is 3. The molecule has 1 aromatic carbocycles. The fourth-order valence-electron chi connectivity index (χ4n) is 1.52. The Kier molecular flexibility index (Phi) is 3.61. The molecule has 0 radical (unpaired) electrons. The van der Waals surface area contributed by atoms with Crippen molar-refractivity contribution in [3.63, 3.8) is 0 Å². The second-order valence-corrected chi connectivity index (χ2v) is 3.93. The summed E-state index contributed by atoms with van der Waals surface area (Å²) in [5.41, 5.74) is 6.67. The van der Waals surface area contributed by atoms with E-state index in [1.54, 1.807) is 12.1 Å². The van der Waals surface area contributed by atoms with Gasteiger partial charge in [-0.2, -0.15) is 0 Å². The van der Waals surface area contributed by atoms with Gasteiger partial charge in [-0.15, -0.1) is 0 Å². The molecule has 4 N–H and O–H groups in total. The number of carbonyl (C=O) groups excluding carboxylic acids is 1. The Morgan fingerprint density at radius 3 is 2.84 bits per heavy atom. The van der Waals surface area contributed by atoms with Crippen LogP contribution in [0.4, 0.5) is 10.1 Å². The van der Waals surface area contributed by atoms with Crippen LogP contribution >= 0.6 is 0 Å². The molecule has 0 saturated heterocycles. The molecule has 5 nitrogen and oxygen atoms in total. The predicted molar refractivity (Wildman–Crippen MR) is 67.9 cm³/mol. The standard InChI is InChI=1S/C13H12FN3O2/c14-9-1-3-11(16-7-9)13(19)17-6-8-5-10(15)2-4-12(8)18/h1-5,7,18H,6,15H2,(H,17,19). The van der Waals surface area contributed by atoms with Crippen molar-refractivity contribution in [3.05, 3.63) is 53.6 Å². The van der Waals surface area contributed by atoms with Gasteiger partial charge < -0.3 is 16.2 Å².